The molecule has 6 atom stereocenters. The van der Waals surface area contributed by atoms with Gasteiger partial charge in [-0.3, -0.25) is 0 Å². The van der Waals surface area contributed by atoms with Gasteiger partial charge in [0.25, 0.3) is 0 Å². The van der Waals surface area contributed by atoms with E-state index in [1.807, 2.05) is 34.6 Å². The van der Waals surface area contributed by atoms with Crippen molar-refractivity contribution in [2.75, 3.05) is 13.2 Å². The van der Waals surface area contributed by atoms with Crippen molar-refractivity contribution in [3.05, 3.63) is 47.6 Å². The third kappa shape index (κ3) is 7.67. The topological polar surface area (TPSA) is 49.7 Å². The summed E-state index contributed by atoms with van der Waals surface area (Å²) in [7, 11) is 0. The number of hydrogen-bond acceptors (Lipinski definition) is 3. The summed E-state index contributed by atoms with van der Waals surface area (Å²) in [4.78, 5) is 0. The van der Waals surface area contributed by atoms with Crippen LogP contribution in [0.15, 0.2) is 47.6 Å². The lowest BCUT2D eigenvalue weighted by molar-refractivity contribution is 0.0413. The lowest BCUT2D eigenvalue weighted by atomic mass is 9.61. The van der Waals surface area contributed by atoms with Crippen LogP contribution in [-0.4, -0.2) is 35.6 Å². The highest BCUT2D eigenvalue weighted by Crippen LogP contribution is 2.59. The first-order chi connectivity index (χ1) is 15.7. The zero-order valence-electron chi connectivity index (χ0n) is 22.6. The minimum Gasteiger partial charge on any atom is -0.393 e. The van der Waals surface area contributed by atoms with E-state index in [1.165, 1.54) is 25.7 Å². The maximum atomic E-state index is 10.1. The summed E-state index contributed by atoms with van der Waals surface area (Å²) in [5.41, 5.74) is 4.76. The Morgan fingerprint density at radius 1 is 1.18 bits per heavy atom. The minimum atomic E-state index is -0.615. The van der Waals surface area contributed by atoms with Crippen LogP contribution in [-0.2, 0) is 4.74 Å². The molecule has 0 heterocycles. The largest absolute Gasteiger partial charge is 0.393 e. The molecule has 0 amide bonds. The Hall–Kier alpha value is -1.16. The van der Waals surface area contributed by atoms with Crippen molar-refractivity contribution in [3.8, 4) is 0 Å². The molecular weight excluding hydrogens is 408 g/mol. The Balaban J connectivity index is 0.00000129. The molecule has 2 N–H and O–H groups in total. The van der Waals surface area contributed by atoms with E-state index in [0.29, 0.717) is 42.6 Å². The lowest BCUT2D eigenvalue weighted by Gasteiger charge is -2.44. The predicted molar refractivity (Wildman–Crippen MR) is 142 cm³/mol. The smallest absolute Gasteiger partial charge is 0.0811 e. The first-order valence-electron chi connectivity index (χ1n) is 13.4. The van der Waals surface area contributed by atoms with Gasteiger partial charge in [-0.15, -0.1) is 0 Å². The van der Waals surface area contributed by atoms with Crippen LogP contribution in [0.1, 0.15) is 93.4 Å². The van der Waals surface area contributed by atoms with Gasteiger partial charge in [0.2, 0.25) is 0 Å². The molecule has 3 nitrogen and oxygen atoms in total. The molecule has 3 aliphatic rings. The molecule has 0 aromatic heterocycles. The zero-order valence-corrected chi connectivity index (χ0v) is 22.6. The maximum Gasteiger partial charge on any atom is 0.0811 e. The van der Waals surface area contributed by atoms with Crippen molar-refractivity contribution in [2.24, 2.45) is 23.2 Å². The summed E-state index contributed by atoms with van der Waals surface area (Å²) in [6.07, 6.45) is 10.6. The van der Waals surface area contributed by atoms with E-state index in [9.17, 15) is 10.2 Å². The summed E-state index contributed by atoms with van der Waals surface area (Å²) >= 11 is 0. The van der Waals surface area contributed by atoms with E-state index in [-0.39, 0.29) is 0 Å². The fraction of sp³-hybridized carbons (Fsp3) is 0.733. The predicted octanol–water partition coefficient (Wildman–Crippen LogP) is 7.41. The average Bonchev–Trinajstić information content (AvgIpc) is 3.15. The van der Waals surface area contributed by atoms with Crippen molar-refractivity contribution in [1.29, 1.82) is 0 Å². The molecule has 0 spiro atoms. The quantitative estimate of drug-likeness (QED) is 0.406. The molecule has 0 saturated heterocycles. The summed E-state index contributed by atoms with van der Waals surface area (Å²) in [6.45, 7) is 24.3. The van der Waals surface area contributed by atoms with Gasteiger partial charge in [0.1, 0.15) is 0 Å². The number of rotatable bonds is 6. The minimum absolute atomic E-state index is 0.344. The number of ether oxygens (including phenoxy) is 1. The second-order valence-corrected chi connectivity index (χ2v) is 10.1. The molecular formula is C30H52O3. The van der Waals surface area contributed by atoms with E-state index < -0.39 is 12.2 Å². The summed E-state index contributed by atoms with van der Waals surface area (Å²) in [5.74, 6) is 1.89. The average molecular weight is 461 g/mol. The molecule has 0 bridgehead atoms. The van der Waals surface area contributed by atoms with E-state index in [2.05, 4.69) is 39.2 Å². The van der Waals surface area contributed by atoms with Crippen molar-refractivity contribution < 1.29 is 14.9 Å². The fourth-order valence-electron chi connectivity index (χ4n) is 6.21. The van der Waals surface area contributed by atoms with Crippen molar-refractivity contribution in [2.45, 2.75) is 106 Å². The zero-order chi connectivity index (χ0) is 25.2. The number of allylic oxidation sites excluding steroid dienone is 3. The Bertz CT molecular complexity index is 689. The molecule has 0 aromatic carbocycles. The van der Waals surface area contributed by atoms with Gasteiger partial charge in [0, 0.05) is 13.0 Å². The van der Waals surface area contributed by atoms with Gasteiger partial charge in [0.15, 0.2) is 0 Å². The van der Waals surface area contributed by atoms with Crippen LogP contribution in [0.4, 0.5) is 0 Å². The standard InChI is InChI=1S/C26H40O3.2C2H6/c1-17(2)15-29-16-18(3)23-10-11-24-20(7-6-12-26(23,24)5)8-9-21-13-22(27)14-25(28)19(21)4;2*1-2/h8-9,18,22-25,27-28H,1,4,6-7,10-16H2,2-3,5H3;2*1-2H3/b20-8+,21-9-;;/t18-,22-,23-,24+,25?,26?;;/m1../s1. The Morgan fingerprint density at radius 2 is 1.85 bits per heavy atom. The second-order valence-electron chi connectivity index (χ2n) is 10.1. The van der Waals surface area contributed by atoms with Gasteiger partial charge < -0.3 is 14.9 Å². The molecule has 0 aliphatic heterocycles. The van der Waals surface area contributed by atoms with E-state index >= 15 is 0 Å². The van der Waals surface area contributed by atoms with Crippen molar-refractivity contribution >= 4 is 0 Å². The SMILES string of the molecule is C=C(C)COC[C@@H](C)[C@H]1CC[C@H]2/C(=C/C=C3/C[C@@H](O)CC(O)C3=C)CCCC12C.CC.CC. The number of fused-ring (bicyclic) bond motifs is 1. The van der Waals surface area contributed by atoms with Gasteiger partial charge in [-0.05, 0) is 79.8 Å². The lowest BCUT2D eigenvalue weighted by Crippen LogP contribution is -2.37. The number of aliphatic hydroxyl groups excluding tert-OH is 2. The van der Waals surface area contributed by atoms with Crippen LogP contribution < -0.4 is 0 Å². The van der Waals surface area contributed by atoms with Crippen molar-refractivity contribution in [3.63, 3.8) is 0 Å². The first-order valence-corrected chi connectivity index (χ1v) is 13.4. The monoisotopic (exact) mass is 460 g/mol. The molecule has 190 valence electrons. The molecule has 3 aliphatic carbocycles. The van der Waals surface area contributed by atoms with E-state index in [4.69, 9.17) is 4.74 Å². The van der Waals surface area contributed by atoms with Gasteiger partial charge in [-0.25, -0.2) is 0 Å². The van der Waals surface area contributed by atoms with Crippen LogP contribution in [0.25, 0.3) is 0 Å². The maximum absolute atomic E-state index is 10.1. The number of hydrogen-bond donors (Lipinski definition) is 2. The highest BCUT2D eigenvalue weighted by atomic mass is 16.5. The van der Waals surface area contributed by atoms with Crippen molar-refractivity contribution in [1.82, 2.24) is 0 Å². The van der Waals surface area contributed by atoms with Gasteiger partial charge in [-0.1, -0.05) is 78.0 Å². The van der Waals surface area contributed by atoms with Crippen LogP contribution in [0, 0.1) is 23.2 Å². The van der Waals surface area contributed by atoms with E-state index in [0.717, 1.165) is 29.7 Å². The molecule has 3 fully saturated rings. The van der Waals surface area contributed by atoms with Crippen LogP contribution in [0.5, 0.6) is 0 Å². The molecule has 2 unspecified atom stereocenters. The summed E-state index contributed by atoms with van der Waals surface area (Å²) in [6, 6.07) is 0. The third-order valence-electron chi connectivity index (χ3n) is 7.72. The van der Waals surface area contributed by atoms with Crippen LogP contribution >= 0.6 is 0 Å². The molecule has 33 heavy (non-hydrogen) atoms. The fourth-order valence-corrected chi connectivity index (χ4v) is 6.21. The molecule has 3 saturated carbocycles. The Labute approximate surface area is 204 Å². The Kier molecular flexibility index (Phi) is 12.9. The summed E-state index contributed by atoms with van der Waals surface area (Å²) < 4.78 is 5.90. The highest BCUT2D eigenvalue weighted by molar-refractivity contribution is 5.38. The molecule has 0 aromatic rings. The second kappa shape index (κ2) is 14.3. The highest BCUT2D eigenvalue weighted by Gasteiger charge is 2.50. The normalized spacial score (nSPS) is 34.6. The van der Waals surface area contributed by atoms with Crippen LogP contribution in [0.3, 0.4) is 0 Å². The molecule has 0 radical (unpaired) electrons. The summed E-state index contributed by atoms with van der Waals surface area (Å²) in [5, 5.41) is 20.1. The number of aliphatic hydroxyl groups is 2. The van der Waals surface area contributed by atoms with E-state index in [1.54, 1.807) is 5.57 Å². The first kappa shape index (κ1) is 29.9. The van der Waals surface area contributed by atoms with Crippen LogP contribution in [0.2, 0.25) is 0 Å². The van der Waals surface area contributed by atoms with Gasteiger partial charge >= 0.3 is 0 Å². The third-order valence-corrected chi connectivity index (χ3v) is 7.72. The Morgan fingerprint density at radius 3 is 2.48 bits per heavy atom. The molecule has 3 rings (SSSR count). The van der Waals surface area contributed by atoms with Gasteiger partial charge in [0.05, 0.1) is 18.8 Å². The van der Waals surface area contributed by atoms with Gasteiger partial charge in [-0.2, -0.15) is 0 Å². The molecule has 3 heteroatoms.